The molecular formula is C19H19N7O. The highest BCUT2D eigenvalue weighted by Crippen LogP contribution is 2.23. The molecule has 0 fully saturated rings. The maximum Gasteiger partial charge on any atom is 0.154 e. The predicted molar refractivity (Wildman–Crippen MR) is 103 cm³/mol. The summed E-state index contributed by atoms with van der Waals surface area (Å²) in [4.78, 5) is 12.8. The lowest BCUT2D eigenvalue weighted by Crippen LogP contribution is -2.05. The third kappa shape index (κ3) is 3.56. The van der Waals surface area contributed by atoms with Crippen LogP contribution in [0.15, 0.2) is 55.0 Å². The number of aromatic nitrogens is 5. The second-order valence-corrected chi connectivity index (χ2v) is 5.97. The van der Waals surface area contributed by atoms with Crippen molar-refractivity contribution in [3.63, 3.8) is 0 Å². The molecule has 3 aromatic heterocycles. The first kappa shape index (κ1) is 16.9. The van der Waals surface area contributed by atoms with Gasteiger partial charge < -0.3 is 16.2 Å². The van der Waals surface area contributed by atoms with Gasteiger partial charge in [-0.3, -0.25) is 0 Å². The first-order valence-electron chi connectivity index (χ1n) is 8.60. The first-order valence-corrected chi connectivity index (χ1v) is 8.60. The second-order valence-electron chi connectivity index (χ2n) is 5.97. The minimum atomic E-state index is 0.370. The van der Waals surface area contributed by atoms with Crippen molar-refractivity contribution in [3.05, 3.63) is 55.0 Å². The monoisotopic (exact) mass is 361 g/mol. The van der Waals surface area contributed by atoms with Gasteiger partial charge in [0.05, 0.1) is 30.9 Å². The van der Waals surface area contributed by atoms with Gasteiger partial charge in [0.2, 0.25) is 0 Å². The van der Waals surface area contributed by atoms with Gasteiger partial charge in [0.1, 0.15) is 23.0 Å². The SMILES string of the molecule is NCCCOc1ccc(-c2ccc3ncc(-c4cnc(N)cn4)n3n2)cc1. The zero-order valence-corrected chi connectivity index (χ0v) is 14.6. The van der Waals surface area contributed by atoms with E-state index >= 15 is 0 Å². The molecule has 27 heavy (non-hydrogen) atoms. The van der Waals surface area contributed by atoms with Crippen molar-refractivity contribution in [2.24, 2.45) is 5.73 Å². The Morgan fingerprint density at radius 1 is 0.889 bits per heavy atom. The van der Waals surface area contributed by atoms with Crippen LogP contribution < -0.4 is 16.2 Å². The van der Waals surface area contributed by atoms with Gasteiger partial charge in [-0.05, 0) is 49.4 Å². The molecular weight excluding hydrogens is 342 g/mol. The lowest BCUT2D eigenvalue weighted by atomic mass is 10.1. The molecule has 8 nitrogen and oxygen atoms in total. The van der Waals surface area contributed by atoms with Gasteiger partial charge in [0.25, 0.3) is 0 Å². The molecule has 4 rings (SSSR count). The smallest absolute Gasteiger partial charge is 0.154 e. The molecule has 0 amide bonds. The van der Waals surface area contributed by atoms with Gasteiger partial charge in [0, 0.05) is 5.56 Å². The molecule has 0 unspecified atom stereocenters. The third-order valence-corrected chi connectivity index (χ3v) is 4.06. The minimum absolute atomic E-state index is 0.370. The summed E-state index contributed by atoms with van der Waals surface area (Å²) in [6.45, 7) is 1.23. The topological polar surface area (TPSA) is 117 Å². The molecule has 0 aliphatic carbocycles. The van der Waals surface area contributed by atoms with Crippen molar-refractivity contribution >= 4 is 11.5 Å². The van der Waals surface area contributed by atoms with Crippen LogP contribution in [-0.4, -0.2) is 37.7 Å². The van der Waals surface area contributed by atoms with E-state index in [2.05, 4.69) is 15.0 Å². The Balaban J connectivity index is 1.65. The van der Waals surface area contributed by atoms with Crippen LogP contribution in [-0.2, 0) is 0 Å². The van der Waals surface area contributed by atoms with Crippen LogP contribution in [0.5, 0.6) is 5.75 Å². The summed E-state index contributed by atoms with van der Waals surface area (Å²) >= 11 is 0. The fourth-order valence-electron chi connectivity index (χ4n) is 2.67. The van der Waals surface area contributed by atoms with Crippen molar-refractivity contribution in [2.75, 3.05) is 18.9 Å². The Bertz CT molecular complexity index is 1040. The van der Waals surface area contributed by atoms with Crippen LogP contribution in [0, 0.1) is 0 Å². The van der Waals surface area contributed by atoms with E-state index in [0.717, 1.165) is 34.8 Å². The van der Waals surface area contributed by atoms with E-state index in [0.29, 0.717) is 24.7 Å². The van der Waals surface area contributed by atoms with Gasteiger partial charge in [-0.25, -0.2) is 19.5 Å². The summed E-state index contributed by atoms with van der Waals surface area (Å²) in [6.07, 6.45) is 5.68. The van der Waals surface area contributed by atoms with E-state index in [1.165, 1.54) is 6.20 Å². The standard InChI is InChI=1S/C19H19N7O/c20-8-1-9-27-14-4-2-13(3-5-14)15-6-7-19-24-11-17(26(19)25-15)16-10-23-18(21)12-22-16/h2-7,10-12H,1,8-9,20H2,(H2,21,23). The maximum atomic E-state index is 5.64. The zero-order valence-electron chi connectivity index (χ0n) is 14.6. The van der Waals surface area contributed by atoms with E-state index in [1.54, 1.807) is 16.9 Å². The number of rotatable bonds is 6. The highest BCUT2D eigenvalue weighted by Gasteiger charge is 2.10. The first-order chi connectivity index (χ1) is 13.2. The highest BCUT2D eigenvalue weighted by molar-refractivity contribution is 5.64. The predicted octanol–water partition coefficient (Wildman–Crippen LogP) is 2.16. The Hall–Kier alpha value is -3.52. The number of hydrogen-bond acceptors (Lipinski definition) is 7. The average Bonchev–Trinajstić information content (AvgIpc) is 3.12. The summed E-state index contributed by atoms with van der Waals surface area (Å²) in [5.41, 5.74) is 15.0. The average molecular weight is 361 g/mol. The summed E-state index contributed by atoms with van der Waals surface area (Å²) in [7, 11) is 0. The number of nitrogen functional groups attached to an aromatic ring is 1. The quantitative estimate of drug-likeness (QED) is 0.505. The largest absolute Gasteiger partial charge is 0.494 e. The molecule has 0 spiro atoms. The molecule has 136 valence electrons. The van der Waals surface area contributed by atoms with Crippen LogP contribution in [0.3, 0.4) is 0 Å². The molecule has 0 saturated carbocycles. The van der Waals surface area contributed by atoms with Crippen LogP contribution in [0.2, 0.25) is 0 Å². The highest BCUT2D eigenvalue weighted by atomic mass is 16.5. The molecule has 0 aliphatic rings. The molecule has 0 aliphatic heterocycles. The van der Waals surface area contributed by atoms with Crippen molar-refractivity contribution in [1.82, 2.24) is 24.6 Å². The number of hydrogen-bond donors (Lipinski definition) is 2. The van der Waals surface area contributed by atoms with E-state index in [9.17, 15) is 0 Å². The van der Waals surface area contributed by atoms with E-state index in [1.807, 2.05) is 36.4 Å². The molecule has 0 saturated heterocycles. The van der Waals surface area contributed by atoms with E-state index in [-0.39, 0.29) is 0 Å². The van der Waals surface area contributed by atoms with Gasteiger partial charge in [-0.15, -0.1) is 0 Å². The number of nitrogens with two attached hydrogens (primary N) is 2. The van der Waals surface area contributed by atoms with Crippen LogP contribution >= 0.6 is 0 Å². The molecule has 0 atom stereocenters. The molecule has 1 aromatic carbocycles. The summed E-state index contributed by atoms with van der Waals surface area (Å²) < 4.78 is 7.39. The van der Waals surface area contributed by atoms with Crippen molar-refractivity contribution in [2.45, 2.75) is 6.42 Å². The van der Waals surface area contributed by atoms with Crippen molar-refractivity contribution in [3.8, 4) is 28.4 Å². The molecule has 3 heterocycles. The molecule has 4 aromatic rings. The molecule has 8 heteroatoms. The Morgan fingerprint density at radius 2 is 1.74 bits per heavy atom. The van der Waals surface area contributed by atoms with Crippen LogP contribution in [0.25, 0.3) is 28.3 Å². The molecule has 4 N–H and O–H groups in total. The second kappa shape index (κ2) is 7.38. The fourth-order valence-corrected chi connectivity index (χ4v) is 2.67. The number of ether oxygens (including phenoxy) is 1. The number of benzene rings is 1. The van der Waals surface area contributed by atoms with Gasteiger partial charge in [-0.1, -0.05) is 0 Å². The molecule has 0 radical (unpaired) electrons. The lowest BCUT2D eigenvalue weighted by Gasteiger charge is -2.07. The maximum absolute atomic E-state index is 5.64. The summed E-state index contributed by atoms with van der Waals surface area (Å²) in [5, 5.41) is 4.71. The van der Waals surface area contributed by atoms with E-state index in [4.69, 9.17) is 21.3 Å². The van der Waals surface area contributed by atoms with Crippen molar-refractivity contribution in [1.29, 1.82) is 0 Å². The Labute approximate surface area is 155 Å². The van der Waals surface area contributed by atoms with E-state index < -0.39 is 0 Å². The normalized spacial score (nSPS) is 11.0. The Morgan fingerprint density at radius 3 is 2.48 bits per heavy atom. The van der Waals surface area contributed by atoms with Gasteiger partial charge in [0.15, 0.2) is 5.65 Å². The summed E-state index contributed by atoms with van der Waals surface area (Å²) in [6, 6.07) is 11.7. The number of imidazole rings is 1. The zero-order chi connectivity index (χ0) is 18.6. The number of fused-ring (bicyclic) bond motifs is 1. The van der Waals surface area contributed by atoms with Crippen LogP contribution in [0.1, 0.15) is 6.42 Å². The van der Waals surface area contributed by atoms with Gasteiger partial charge in [-0.2, -0.15) is 5.10 Å². The molecule has 0 bridgehead atoms. The number of anilines is 1. The van der Waals surface area contributed by atoms with Gasteiger partial charge >= 0.3 is 0 Å². The minimum Gasteiger partial charge on any atom is -0.494 e. The third-order valence-electron chi connectivity index (χ3n) is 4.06. The lowest BCUT2D eigenvalue weighted by molar-refractivity contribution is 0.313. The fraction of sp³-hybridized carbons (Fsp3) is 0.158. The van der Waals surface area contributed by atoms with Crippen molar-refractivity contribution < 1.29 is 4.74 Å². The Kier molecular flexibility index (Phi) is 4.63. The number of nitrogens with zero attached hydrogens (tertiary/aromatic N) is 5. The summed E-state index contributed by atoms with van der Waals surface area (Å²) in [5.74, 6) is 1.18. The van der Waals surface area contributed by atoms with Crippen LogP contribution in [0.4, 0.5) is 5.82 Å².